The summed E-state index contributed by atoms with van der Waals surface area (Å²) in [6.45, 7) is 1.93. The molecule has 2 saturated carbocycles. The fourth-order valence-electron chi connectivity index (χ4n) is 3.39. The van der Waals surface area contributed by atoms with Crippen LogP contribution in [0.25, 0.3) is 5.57 Å². The molecule has 2 fully saturated rings. The van der Waals surface area contributed by atoms with Crippen molar-refractivity contribution in [1.82, 2.24) is 4.98 Å². The molecule has 0 radical (unpaired) electrons. The van der Waals surface area contributed by atoms with Gasteiger partial charge >= 0.3 is 5.97 Å². The van der Waals surface area contributed by atoms with E-state index in [-0.39, 0.29) is 12.1 Å². The fraction of sp³-hybridized carbons (Fsp3) is 0.500. The second-order valence-electron chi connectivity index (χ2n) is 5.71. The van der Waals surface area contributed by atoms with Gasteiger partial charge in [-0.2, -0.15) is 0 Å². The van der Waals surface area contributed by atoms with E-state index in [2.05, 4.69) is 4.98 Å². The van der Waals surface area contributed by atoms with Crippen LogP contribution in [-0.4, -0.2) is 17.1 Å². The standard InChI is InChI=1S/C16H19NO2/c1-11(13-4-6-17-7-5-13)8-16(18)19-15-10-12-2-3-14(15)9-12/h4-8,12,14-15H,2-3,9-10H2,1H3. The van der Waals surface area contributed by atoms with Gasteiger partial charge in [-0.25, -0.2) is 4.79 Å². The zero-order valence-electron chi connectivity index (χ0n) is 11.2. The Morgan fingerprint density at radius 2 is 2.11 bits per heavy atom. The van der Waals surface area contributed by atoms with Crippen LogP contribution in [0.15, 0.2) is 30.6 Å². The molecule has 3 rings (SSSR count). The lowest BCUT2D eigenvalue weighted by molar-refractivity contribution is -0.145. The van der Waals surface area contributed by atoms with E-state index in [0.717, 1.165) is 23.5 Å². The number of carbonyl (C=O) groups is 1. The molecule has 3 atom stereocenters. The molecule has 2 bridgehead atoms. The van der Waals surface area contributed by atoms with E-state index in [0.29, 0.717) is 5.92 Å². The zero-order valence-corrected chi connectivity index (χ0v) is 11.2. The van der Waals surface area contributed by atoms with Gasteiger partial charge in [0.2, 0.25) is 0 Å². The van der Waals surface area contributed by atoms with Crippen molar-refractivity contribution in [3.63, 3.8) is 0 Å². The largest absolute Gasteiger partial charge is 0.459 e. The number of rotatable bonds is 3. The molecule has 1 heterocycles. The highest BCUT2D eigenvalue weighted by Crippen LogP contribution is 2.45. The Balaban J connectivity index is 1.62. The second-order valence-corrected chi connectivity index (χ2v) is 5.71. The van der Waals surface area contributed by atoms with Gasteiger partial charge in [0.1, 0.15) is 6.10 Å². The van der Waals surface area contributed by atoms with Crippen LogP contribution in [0.1, 0.15) is 38.2 Å². The highest BCUT2D eigenvalue weighted by molar-refractivity contribution is 5.90. The van der Waals surface area contributed by atoms with E-state index in [1.807, 2.05) is 19.1 Å². The van der Waals surface area contributed by atoms with Gasteiger partial charge in [-0.3, -0.25) is 4.98 Å². The minimum atomic E-state index is -0.202. The van der Waals surface area contributed by atoms with Crippen molar-refractivity contribution in [2.75, 3.05) is 0 Å². The zero-order chi connectivity index (χ0) is 13.2. The van der Waals surface area contributed by atoms with E-state index < -0.39 is 0 Å². The van der Waals surface area contributed by atoms with Crippen molar-refractivity contribution in [3.05, 3.63) is 36.2 Å². The number of fused-ring (bicyclic) bond motifs is 2. The molecule has 0 aliphatic heterocycles. The summed E-state index contributed by atoms with van der Waals surface area (Å²) in [5, 5.41) is 0. The summed E-state index contributed by atoms with van der Waals surface area (Å²) in [4.78, 5) is 15.9. The molecule has 1 aromatic heterocycles. The van der Waals surface area contributed by atoms with Gasteiger partial charge < -0.3 is 4.74 Å². The van der Waals surface area contributed by atoms with Crippen molar-refractivity contribution in [1.29, 1.82) is 0 Å². The molecular formula is C16H19NO2. The van der Waals surface area contributed by atoms with Crippen molar-refractivity contribution in [2.24, 2.45) is 11.8 Å². The summed E-state index contributed by atoms with van der Waals surface area (Å²) < 4.78 is 5.61. The molecule has 100 valence electrons. The highest BCUT2D eigenvalue weighted by Gasteiger charge is 2.41. The Hall–Kier alpha value is -1.64. The van der Waals surface area contributed by atoms with E-state index >= 15 is 0 Å². The van der Waals surface area contributed by atoms with Gasteiger partial charge in [0.25, 0.3) is 0 Å². The maximum Gasteiger partial charge on any atom is 0.331 e. The Kier molecular flexibility index (Phi) is 3.36. The van der Waals surface area contributed by atoms with E-state index in [1.165, 1.54) is 19.3 Å². The first-order chi connectivity index (χ1) is 9.22. The van der Waals surface area contributed by atoms with Crippen molar-refractivity contribution in [3.8, 4) is 0 Å². The Bertz CT molecular complexity index is 495. The molecular weight excluding hydrogens is 238 g/mol. The van der Waals surface area contributed by atoms with Crippen LogP contribution in [0.4, 0.5) is 0 Å². The smallest absolute Gasteiger partial charge is 0.331 e. The minimum absolute atomic E-state index is 0.160. The van der Waals surface area contributed by atoms with Crippen LogP contribution in [0.5, 0.6) is 0 Å². The fourth-order valence-corrected chi connectivity index (χ4v) is 3.39. The summed E-state index contributed by atoms with van der Waals surface area (Å²) in [5.74, 6) is 1.21. The molecule has 3 nitrogen and oxygen atoms in total. The summed E-state index contributed by atoms with van der Waals surface area (Å²) in [6.07, 6.45) is 10.1. The number of aromatic nitrogens is 1. The summed E-state index contributed by atoms with van der Waals surface area (Å²) in [6, 6.07) is 3.80. The number of hydrogen-bond acceptors (Lipinski definition) is 3. The molecule has 0 saturated heterocycles. The second kappa shape index (κ2) is 5.16. The molecule has 3 unspecified atom stereocenters. The monoisotopic (exact) mass is 257 g/mol. The number of nitrogens with zero attached hydrogens (tertiary/aromatic N) is 1. The molecule has 3 heteroatoms. The maximum atomic E-state index is 11.9. The molecule has 1 aromatic rings. The average Bonchev–Trinajstić information content (AvgIpc) is 3.02. The first-order valence-corrected chi connectivity index (χ1v) is 7.01. The number of carbonyl (C=O) groups excluding carboxylic acids is 1. The summed E-state index contributed by atoms with van der Waals surface area (Å²) in [5.41, 5.74) is 1.94. The molecule has 0 N–H and O–H groups in total. The minimum Gasteiger partial charge on any atom is -0.459 e. The van der Waals surface area contributed by atoms with Crippen LogP contribution in [-0.2, 0) is 9.53 Å². The van der Waals surface area contributed by atoms with Crippen LogP contribution in [0.2, 0.25) is 0 Å². The van der Waals surface area contributed by atoms with Gasteiger partial charge in [0.05, 0.1) is 0 Å². The quantitative estimate of drug-likeness (QED) is 0.616. The normalized spacial score (nSPS) is 29.5. The van der Waals surface area contributed by atoms with Crippen LogP contribution in [0.3, 0.4) is 0 Å². The van der Waals surface area contributed by atoms with Gasteiger partial charge in [-0.1, -0.05) is 0 Å². The van der Waals surface area contributed by atoms with E-state index in [9.17, 15) is 4.79 Å². The van der Waals surface area contributed by atoms with Crippen LogP contribution < -0.4 is 0 Å². The number of esters is 1. The van der Waals surface area contributed by atoms with Crippen molar-refractivity contribution in [2.45, 2.75) is 38.7 Å². The molecule has 2 aliphatic rings. The number of hydrogen-bond donors (Lipinski definition) is 0. The molecule has 0 aromatic carbocycles. The van der Waals surface area contributed by atoms with Crippen molar-refractivity contribution >= 4 is 11.5 Å². The first-order valence-electron chi connectivity index (χ1n) is 7.01. The summed E-state index contributed by atoms with van der Waals surface area (Å²) in [7, 11) is 0. The van der Waals surface area contributed by atoms with Crippen molar-refractivity contribution < 1.29 is 9.53 Å². The highest BCUT2D eigenvalue weighted by atomic mass is 16.5. The van der Waals surface area contributed by atoms with Gasteiger partial charge in [-0.05, 0) is 67.7 Å². The molecule has 2 aliphatic carbocycles. The first kappa shape index (κ1) is 12.4. The lowest BCUT2D eigenvalue weighted by atomic mass is 9.98. The maximum absolute atomic E-state index is 11.9. The average molecular weight is 257 g/mol. The third-order valence-corrected chi connectivity index (χ3v) is 4.41. The number of ether oxygens (including phenoxy) is 1. The van der Waals surface area contributed by atoms with Gasteiger partial charge in [0, 0.05) is 18.5 Å². The predicted octanol–water partition coefficient (Wildman–Crippen LogP) is 3.22. The summed E-state index contributed by atoms with van der Waals surface area (Å²) >= 11 is 0. The molecule has 0 amide bonds. The predicted molar refractivity (Wildman–Crippen MR) is 73.2 cm³/mol. The van der Waals surface area contributed by atoms with Gasteiger partial charge in [0.15, 0.2) is 0 Å². The Morgan fingerprint density at radius 3 is 2.74 bits per heavy atom. The van der Waals surface area contributed by atoms with Crippen LogP contribution in [0, 0.1) is 11.8 Å². The molecule has 0 spiro atoms. The third-order valence-electron chi connectivity index (χ3n) is 4.41. The van der Waals surface area contributed by atoms with Crippen LogP contribution >= 0.6 is 0 Å². The lowest BCUT2D eigenvalue weighted by Crippen LogP contribution is -2.23. The van der Waals surface area contributed by atoms with Gasteiger partial charge in [-0.15, -0.1) is 0 Å². The molecule has 19 heavy (non-hydrogen) atoms. The number of allylic oxidation sites excluding steroid dienone is 1. The Morgan fingerprint density at radius 1 is 1.32 bits per heavy atom. The number of pyridine rings is 1. The third kappa shape index (κ3) is 2.70. The lowest BCUT2D eigenvalue weighted by Gasteiger charge is -2.21. The SMILES string of the molecule is CC(=CC(=O)OC1CC2CCC1C2)c1ccncc1. The topological polar surface area (TPSA) is 39.2 Å². The Labute approximate surface area is 113 Å². The van der Waals surface area contributed by atoms with E-state index in [1.54, 1.807) is 18.5 Å². The van der Waals surface area contributed by atoms with E-state index in [4.69, 9.17) is 4.74 Å².